The number of rotatable bonds is 5. The van der Waals surface area contributed by atoms with Crippen LogP contribution in [0.15, 0.2) is 0 Å². The van der Waals surface area contributed by atoms with Gasteiger partial charge in [-0.3, -0.25) is 0 Å². The Labute approximate surface area is 105 Å². The predicted octanol–water partition coefficient (Wildman–Crippen LogP) is 1.46. The first-order chi connectivity index (χ1) is 7.74. The first kappa shape index (κ1) is 14.9. The second-order valence-corrected chi connectivity index (χ2v) is 8.24. The average Bonchev–Trinajstić information content (AvgIpc) is 2.64. The van der Waals surface area contributed by atoms with Crippen LogP contribution in [0, 0.1) is 11.3 Å². The number of nitrogens with zero attached hydrogens (tertiary/aromatic N) is 1. The molecule has 1 fully saturated rings. The van der Waals surface area contributed by atoms with Gasteiger partial charge in [0.2, 0.25) is 10.0 Å². The average molecular weight is 263 g/mol. The van der Waals surface area contributed by atoms with Gasteiger partial charge in [-0.15, -0.1) is 0 Å². The second kappa shape index (κ2) is 5.67. The van der Waals surface area contributed by atoms with Crippen molar-refractivity contribution in [3.8, 4) is 0 Å². The fourth-order valence-corrected chi connectivity index (χ4v) is 3.98. The molecule has 1 aliphatic heterocycles. The molecule has 1 rings (SSSR count). The molecule has 1 aliphatic rings. The summed E-state index contributed by atoms with van der Waals surface area (Å²) in [5.74, 6) is 0.576. The Morgan fingerprint density at radius 1 is 1.35 bits per heavy atom. The van der Waals surface area contributed by atoms with E-state index in [0.29, 0.717) is 31.8 Å². The van der Waals surface area contributed by atoms with Gasteiger partial charge < -0.3 is 5.11 Å². The van der Waals surface area contributed by atoms with E-state index in [2.05, 4.69) is 20.8 Å². The largest absolute Gasteiger partial charge is 0.396 e. The monoisotopic (exact) mass is 263 g/mol. The fourth-order valence-electron chi connectivity index (χ4n) is 2.03. The molecule has 1 saturated heterocycles. The van der Waals surface area contributed by atoms with E-state index in [0.717, 1.165) is 6.42 Å². The Balaban J connectivity index is 2.49. The van der Waals surface area contributed by atoms with Gasteiger partial charge in [0.1, 0.15) is 0 Å². The molecule has 0 aromatic carbocycles. The van der Waals surface area contributed by atoms with E-state index < -0.39 is 10.0 Å². The van der Waals surface area contributed by atoms with E-state index in [4.69, 9.17) is 5.11 Å². The molecule has 1 atom stereocenters. The zero-order chi connectivity index (χ0) is 13.1. The van der Waals surface area contributed by atoms with E-state index >= 15 is 0 Å². The van der Waals surface area contributed by atoms with Crippen LogP contribution in [0.5, 0.6) is 0 Å². The molecular formula is C12H25NO3S. The maximum Gasteiger partial charge on any atom is 0.214 e. The van der Waals surface area contributed by atoms with E-state index in [1.54, 1.807) is 4.31 Å². The zero-order valence-electron chi connectivity index (χ0n) is 11.1. The van der Waals surface area contributed by atoms with Gasteiger partial charge in [0, 0.05) is 19.7 Å². The number of hydrogen-bond donors (Lipinski definition) is 1. The highest BCUT2D eigenvalue weighted by atomic mass is 32.2. The summed E-state index contributed by atoms with van der Waals surface area (Å²) in [7, 11) is -3.09. The minimum Gasteiger partial charge on any atom is -0.396 e. The molecule has 17 heavy (non-hydrogen) atoms. The lowest BCUT2D eigenvalue weighted by Crippen LogP contribution is -2.32. The fraction of sp³-hybridized carbons (Fsp3) is 1.00. The van der Waals surface area contributed by atoms with Gasteiger partial charge in [0.25, 0.3) is 0 Å². The molecule has 1 unspecified atom stereocenters. The normalized spacial score (nSPS) is 23.2. The maximum absolute atomic E-state index is 12.1. The highest BCUT2D eigenvalue weighted by Crippen LogP contribution is 2.25. The topological polar surface area (TPSA) is 57.6 Å². The molecule has 0 amide bonds. The van der Waals surface area contributed by atoms with Gasteiger partial charge in [-0.05, 0) is 30.6 Å². The van der Waals surface area contributed by atoms with Gasteiger partial charge in [0.05, 0.1) is 5.75 Å². The highest BCUT2D eigenvalue weighted by Gasteiger charge is 2.31. The molecule has 5 heteroatoms. The molecule has 102 valence electrons. The summed E-state index contributed by atoms with van der Waals surface area (Å²) >= 11 is 0. The minimum absolute atomic E-state index is 0.0529. The van der Waals surface area contributed by atoms with E-state index in [1.165, 1.54) is 0 Å². The molecule has 0 bridgehead atoms. The summed E-state index contributed by atoms with van der Waals surface area (Å²) in [5, 5.41) is 8.86. The molecule has 0 aliphatic carbocycles. The van der Waals surface area contributed by atoms with Crippen LogP contribution in [0.3, 0.4) is 0 Å². The Bertz CT molecular complexity index is 332. The van der Waals surface area contributed by atoms with Crippen molar-refractivity contribution in [1.82, 2.24) is 4.31 Å². The Kier molecular flexibility index (Phi) is 4.98. The third-order valence-corrected chi connectivity index (χ3v) is 5.13. The Morgan fingerprint density at radius 3 is 2.53 bits per heavy atom. The van der Waals surface area contributed by atoms with Crippen LogP contribution < -0.4 is 0 Å². The Hall–Kier alpha value is -0.130. The van der Waals surface area contributed by atoms with Crippen molar-refractivity contribution in [2.45, 2.75) is 40.0 Å². The minimum atomic E-state index is -3.09. The van der Waals surface area contributed by atoms with Crippen LogP contribution in [0.2, 0.25) is 0 Å². The summed E-state index contributed by atoms with van der Waals surface area (Å²) in [6.07, 6.45) is 2.29. The smallest absolute Gasteiger partial charge is 0.214 e. The van der Waals surface area contributed by atoms with Crippen molar-refractivity contribution in [2.24, 2.45) is 11.3 Å². The zero-order valence-corrected chi connectivity index (χ0v) is 12.0. The summed E-state index contributed by atoms with van der Waals surface area (Å²) < 4.78 is 25.8. The molecule has 0 saturated carbocycles. The summed E-state index contributed by atoms with van der Waals surface area (Å²) in [6.45, 7) is 7.54. The van der Waals surface area contributed by atoms with Crippen molar-refractivity contribution in [1.29, 1.82) is 0 Å². The van der Waals surface area contributed by atoms with Gasteiger partial charge in [0.15, 0.2) is 0 Å². The number of hydrogen-bond acceptors (Lipinski definition) is 3. The van der Waals surface area contributed by atoms with Crippen molar-refractivity contribution in [3.63, 3.8) is 0 Å². The van der Waals surface area contributed by atoms with Gasteiger partial charge >= 0.3 is 0 Å². The first-order valence-corrected chi connectivity index (χ1v) is 7.94. The lowest BCUT2D eigenvalue weighted by molar-refractivity contribution is 0.259. The second-order valence-electron chi connectivity index (χ2n) is 6.15. The number of aliphatic hydroxyl groups is 1. The first-order valence-electron chi connectivity index (χ1n) is 6.33. The van der Waals surface area contributed by atoms with Crippen LogP contribution in [0.25, 0.3) is 0 Å². The van der Waals surface area contributed by atoms with Crippen molar-refractivity contribution < 1.29 is 13.5 Å². The lowest BCUT2D eigenvalue weighted by Gasteiger charge is -2.21. The number of sulfonamides is 1. The third kappa shape index (κ3) is 4.94. The number of aliphatic hydroxyl groups excluding tert-OH is 1. The van der Waals surface area contributed by atoms with E-state index in [9.17, 15) is 8.42 Å². The highest BCUT2D eigenvalue weighted by molar-refractivity contribution is 7.89. The molecular weight excluding hydrogens is 238 g/mol. The molecule has 1 N–H and O–H groups in total. The summed E-state index contributed by atoms with van der Waals surface area (Å²) in [6, 6.07) is 0. The van der Waals surface area contributed by atoms with Crippen LogP contribution in [0.4, 0.5) is 0 Å². The van der Waals surface area contributed by atoms with E-state index in [-0.39, 0.29) is 17.8 Å². The predicted molar refractivity (Wildman–Crippen MR) is 69.2 cm³/mol. The third-order valence-electron chi connectivity index (χ3n) is 3.29. The SMILES string of the molecule is CC(C)(C)CCS(=O)(=O)N1CCC(CCO)C1. The Morgan fingerprint density at radius 2 is 2.00 bits per heavy atom. The quantitative estimate of drug-likeness (QED) is 0.817. The standard InChI is InChI=1S/C12H25NO3S/c1-12(2,3)6-9-17(15,16)13-7-4-11(10-13)5-8-14/h11,14H,4-10H2,1-3H3. The maximum atomic E-state index is 12.1. The van der Waals surface area contributed by atoms with Gasteiger partial charge in [-0.1, -0.05) is 20.8 Å². The lowest BCUT2D eigenvalue weighted by atomic mass is 9.94. The van der Waals surface area contributed by atoms with Crippen LogP contribution in [0.1, 0.15) is 40.0 Å². The molecule has 4 nitrogen and oxygen atoms in total. The van der Waals surface area contributed by atoms with Crippen LogP contribution in [-0.2, 0) is 10.0 Å². The van der Waals surface area contributed by atoms with Crippen molar-refractivity contribution in [2.75, 3.05) is 25.4 Å². The summed E-state index contributed by atoms with van der Waals surface area (Å²) in [5.41, 5.74) is 0.0529. The molecule has 0 spiro atoms. The molecule has 0 radical (unpaired) electrons. The van der Waals surface area contributed by atoms with Crippen molar-refractivity contribution >= 4 is 10.0 Å². The van der Waals surface area contributed by atoms with Crippen molar-refractivity contribution in [3.05, 3.63) is 0 Å². The van der Waals surface area contributed by atoms with Gasteiger partial charge in [-0.25, -0.2) is 12.7 Å². The molecule has 0 aromatic heterocycles. The summed E-state index contributed by atoms with van der Waals surface area (Å²) in [4.78, 5) is 0. The van der Waals surface area contributed by atoms with Gasteiger partial charge in [-0.2, -0.15) is 0 Å². The van der Waals surface area contributed by atoms with E-state index in [1.807, 2.05) is 0 Å². The van der Waals surface area contributed by atoms with Crippen LogP contribution in [-0.4, -0.2) is 43.3 Å². The molecule has 1 heterocycles. The molecule has 0 aromatic rings. The van der Waals surface area contributed by atoms with Crippen LogP contribution >= 0.6 is 0 Å².